The van der Waals surface area contributed by atoms with Crippen molar-refractivity contribution in [1.29, 1.82) is 0 Å². The first kappa shape index (κ1) is 10.8. The van der Waals surface area contributed by atoms with Crippen LogP contribution in [0, 0.1) is 6.92 Å². The van der Waals surface area contributed by atoms with Crippen molar-refractivity contribution < 1.29 is 8.78 Å². The quantitative estimate of drug-likeness (QED) is 0.725. The fourth-order valence-electron chi connectivity index (χ4n) is 1.09. The molecule has 0 fully saturated rings. The summed E-state index contributed by atoms with van der Waals surface area (Å²) in [6.45, 7) is 2.66. The molecule has 1 rings (SSSR count). The van der Waals surface area contributed by atoms with Gasteiger partial charge in [0.05, 0.1) is 5.69 Å². The van der Waals surface area contributed by atoms with Crippen LogP contribution in [0.4, 0.5) is 8.78 Å². The molecule has 1 atom stereocenters. The number of hydrogen-bond acceptors (Lipinski definition) is 1. The number of alkyl halides is 2. The highest BCUT2D eigenvalue weighted by atomic mass is 19.1. The van der Waals surface area contributed by atoms with Crippen molar-refractivity contribution >= 4 is 6.08 Å². The van der Waals surface area contributed by atoms with Gasteiger partial charge in [0.2, 0.25) is 0 Å². The van der Waals surface area contributed by atoms with Crippen LogP contribution in [-0.4, -0.2) is 11.2 Å². The van der Waals surface area contributed by atoms with Gasteiger partial charge >= 0.3 is 0 Å². The third kappa shape index (κ3) is 2.91. The molecule has 0 radical (unpaired) electrons. The molecule has 0 saturated heterocycles. The summed E-state index contributed by atoms with van der Waals surface area (Å²) in [7, 11) is 0. The number of hydrogen-bond donors (Lipinski definition) is 0. The van der Waals surface area contributed by atoms with E-state index >= 15 is 0 Å². The molecule has 3 heteroatoms. The minimum atomic E-state index is -1.04. The van der Waals surface area contributed by atoms with Crippen LogP contribution in [0.15, 0.2) is 18.2 Å². The maximum absolute atomic E-state index is 12.5. The van der Waals surface area contributed by atoms with E-state index in [1.54, 1.807) is 12.1 Å². The summed E-state index contributed by atoms with van der Waals surface area (Å²) in [5, 5.41) is 0. The molecule has 0 N–H and O–H groups in total. The Labute approximate surface area is 82.5 Å². The zero-order valence-electron chi connectivity index (χ0n) is 8.30. The van der Waals surface area contributed by atoms with Gasteiger partial charge in [0.15, 0.2) is 0 Å². The van der Waals surface area contributed by atoms with E-state index in [-0.39, 0.29) is 0 Å². The third-order valence-electron chi connectivity index (χ3n) is 1.81. The fraction of sp³-hybridized carbons (Fsp3) is 0.364. The number of aryl methyl sites for hydroxylation is 1. The summed E-state index contributed by atoms with van der Waals surface area (Å²) in [6.07, 6.45) is 1.85. The van der Waals surface area contributed by atoms with Gasteiger partial charge in [-0.1, -0.05) is 6.07 Å². The molecule has 0 spiro atoms. The van der Waals surface area contributed by atoms with E-state index in [1.165, 1.54) is 19.1 Å². The Bertz CT molecular complexity index is 332. The van der Waals surface area contributed by atoms with E-state index in [9.17, 15) is 8.78 Å². The standard InChI is InChI=1S/C11H13F2N/c1-8(13)3-6-11-10(7-12)5-4-9(2)14-11/h3-6,8H,7H2,1-2H3/b6-3-. The molecule has 0 bridgehead atoms. The van der Waals surface area contributed by atoms with Gasteiger partial charge in [-0.05, 0) is 32.1 Å². The summed E-state index contributed by atoms with van der Waals surface area (Å²) >= 11 is 0. The lowest BCUT2D eigenvalue weighted by Gasteiger charge is -2.02. The first-order chi connectivity index (χ1) is 6.63. The molecule has 0 aliphatic heterocycles. The topological polar surface area (TPSA) is 12.9 Å². The van der Waals surface area contributed by atoms with E-state index in [1.807, 2.05) is 6.92 Å². The molecule has 14 heavy (non-hydrogen) atoms. The normalized spacial score (nSPS) is 13.4. The number of rotatable bonds is 3. The highest BCUT2D eigenvalue weighted by molar-refractivity contribution is 5.50. The van der Waals surface area contributed by atoms with Crippen LogP contribution in [0.25, 0.3) is 6.08 Å². The number of halogens is 2. The van der Waals surface area contributed by atoms with Crippen LogP contribution >= 0.6 is 0 Å². The van der Waals surface area contributed by atoms with Crippen LogP contribution in [0.3, 0.4) is 0 Å². The molecular formula is C11H13F2N. The molecule has 1 unspecified atom stereocenters. The molecule has 0 amide bonds. The third-order valence-corrected chi connectivity index (χ3v) is 1.81. The van der Waals surface area contributed by atoms with Crippen molar-refractivity contribution in [2.75, 3.05) is 0 Å². The Kier molecular flexibility index (Phi) is 3.74. The maximum Gasteiger partial charge on any atom is 0.117 e. The van der Waals surface area contributed by atoms with E-state index in [2.05, 4.69) is 4.98 Å². The first-order valence-electron chi connectivity index (χ1n) is 4.48. The minimum Gasteiger partial charge on any atom is -0.253 e. The zero-order chi connectivity index (χ0) is 10.6. The van der Waals surface area contributed by atoms with Crippen LogP contribution in [0.2, 0.25) is 0 Å². The van der Waals surface area contributed by atoms with Gasteiger partial charge in [-0.15, -0.1) is 0 Å². The molecule has 1 aromatic rings. The minimum absolute atomic E-state index is 0.493. The van der Waals surface area contributed by atoms with E-state index in [0.717, 1.165) is 5.69 Å². The van der Waals surface area contributed by atoms with Crippen molar-refractivity contribution in [3.63, 3.8) is 0 Å². The largest absolute Gasteiger partial charge is 0.253 e. The lowest BCUT2D eigenvalue weighted by atomic mass is 10.1. The molecule has 0 aliphatic rings. The van der Waals surface area contributed by atoms with Crippen LogP contribution < -0.4 is 0 Å². The molecule has 0 aliphatic carbocycles. The van der Waals surface area contributed by atoms with Gasteiger partial charge in [0.1, 0.15) is 12.8 Å². The van der Waals surface area contributed by atoms with E-state index in [0.29, 0.717) is 11.3 Å². The molecule has 76 valence electrons. The van der Waals surface area contributed by atoms with E-state index < -0.39 is 12.8 Å². The molecule has 0 saturated carbocycles. The van der Waals surface area contributed by atoms with Crippen molar-refractivity contribution in [3.8, 4) is 0 Å². The Balaban J connectivity index is 2.99. The summed E-state index contributed by atoms with van der Waals surface area (Å²) in [5.41, 5.74) is 1.80. The predicted molar refractivity (Wildman–Crippen MR) is 53.4 cm³/mol. The average molecular weight is 197 g/mol. The fourth-order valence-corrected chi connectivity index (χ4v) is 1.09. The van der Waals surface area contributed by atoms with Gasteiger partial charge in [0, 0.05) is 11.3 Å². The van der Waals surface area contributed by atoms with Gasteiger partial charge in [-0.3, -0.25) is 4.98 Å². The number of aromatic nitrogens is 1. The SMILES string of the molecule is Cc1ccc(CF)c(/C=C\C(C)F)n1. The van der Waals surface area contributed by atoms with Crippen molar-refractivity contribution in [3.05, 3.63) is 35.2 Å². The highest BCUT2D eigenvalue weighted by Crippen LogP contribution is 2.11. The second kappa shape index (κ2) is 4.84. The summed E-state index contributed by atoms with van der Waals surface area (Å²) in [4.78, 5) is 4.12. The van der Waals surface area contributed by atoms with Gasteiger partial charge < -0.3 is 0 Å². The summed E-state index contributed by atoms with van der Waals surface area (Å²) < 4.78 is 25.0. The monoisotopic (exact) mass is 197 g/mol. The Morgan fingerprint density at radius 1 is 1.50 bits per heavy atom. The van der Waals surface area contributed by atoms with Crippen LogP contribution in [0.1, 0.15) is 23.9 Å². The van der Waals surface area contributed by atoms with Gasteiger partial charge in [-0.2, -0.15) is 0 Å². The maximum atomic E-state index is 12.5. The first-order valence-corrected chi connectivity index (χ1v) is 4.48. The van der Waals surface area contributed by atoms with Crippen LogP contribution in [0.5, 0.6) is 0 Å². The Morgan fingerprint density at radius 3 is 2.79 bits per heavy atom. The lowest BCUT2D eigenvalue weighted by Crippen LogP contribution is -1.93. The average Bonchev–Trinajstić information content (AvgIpc) is 2.15. The molecular weight excluding hydrogens is 184 g/mol. The molecule has 1 aromatic heterocycles. The molecule has 0 aromatic carbocycles. The van der Waals surface area contributed by atoms with Crippen molar-refractivity contribution in [2.24, 2.45) is 0 Å². The highest BCUT2D eigenvalue weighted by Gasteiger charge is 2.01. The van der Waals surface area contributed by atoms with Crippen LogP contribution in [-0.2, 0) is 6.67 Å². The number of pyridine rings is 1. The predicted octanol–water partition coefficient (Wildman–Crippen LogP) is 3.23. The number of nitrogens with zero attached hydrogens (tertiary/aromatic N) is 1. The van der Waals surface area contributed by atoms with Crippen molar-refractivity contribution in [1.82, 2.24) is 4.98 Å². The lowest BCUT2D eigenvalue weighted by molar-refractivity contribution is 0.432. The number of allylic oxidation sites excluding steroid dienone is 1. The smallest absolute Gasteiger partial charge is 0.117 e. The molecule has 1 nitrogen and oxygen atoms in total. The zero-order valence-corrected chi connectivity index (χ0v) is 8.30. The molecule has 1 heterocycles. The van der Waals surface area contributed by atoms with Crippen molar-refractivity contribution in [2.45, 2.75) is 26.7 Å². The second-order valence-electron chi connectivity index (χ2n) is 3.17. The Morgan fingerprint density at radius 2 is 2.21 bits per heavy atom. The van der Waals surface area contributed by atoms with Gasteiger partial charge in [-0.25, -0.2) is 8.78 Å². The summed E-state index contributed by atoms with van der Waals surface area (Å²) in [5.74, 6) is 0. The Hall–Kier alpha value is -1.25. The second-order valence-corrected chi connectivity index (χ2v) is 3.17. The summed E-state index contributed by atoms with van der Waals surface area (Å²) in [6, 6.07) is 3.41. The van der Waals surface area contributed by atoms with E-state index in [4.69, 9.17) is 0 Å². The van der Waals surface area contributed by atoms with Gasteiger partial charge in [0.25, 0.3) is 0 Å².